The van der Waals surface area contributed by atoms with E-state index < -0.39 is 203 Å². The summed E-state index contributed by atoms with van der Waals surface area (Å²) in [6, 6.07) is 0. The average molecular weight is 1120 g/mol. The minimum Gasteiger partial charge on any atom is -0.468 e. The molecule has 442 valence electrons. The number of methoxy groups -OCH3 is 2. The summed E-state index contributed by atoms with van der Waals surface area (Å²) in [5.41, 5.74) is 0.0691. The molecule has 0 spiro atoms. The second kappa shape index (κ2) is 27.9. The van der Waals surface area contributed by atoms with Crippen LogP contribution in [0.25, 0.3) is 0 Å². The Morgan fingerprint density at radius 3 is 1.44 bits per heavy atom. The van der Waals surface area contributed by atoms with E-state index >= 15 is 0 Å². The summed E-state index contributed by atoms with van der Waals surface area (Å²) in [5, 5.41) is 123. The lowest BCUT2D eigenvalue weighted by Gasteiger charge is -2.42. The molecule has 5 aliphatic heterocycles. The first-order valence-corrected chi connectivity index (χ1v) is 25.5. The molecule has 1 aliphatic carbocycles. The van der Waals surface area contributed by atoms with Crippen LogP contribution in [0.4, 0.5) is 0 Å². The summed E-state index contributed by atoms with van der Waals surface area (Å²) in [4.78, 5) is 54.4. The first kappa shape index (κ1) is 62.9. The predicted molar refractivity (Wildman–Crippen MR) is 254 cm³/mol. The number of allylic oxidation sites excluding steroid dienone is 2. The van der Waals surface area contributed by atoms with Crippen molar-refractivity contribution in [1.29, 1.82) is 0 Å². The van der Waals surface area contributed by atoms with E-state index in [1.807, 2.05) is 0 Å². The number of aliphatic hydroxyl groups is 12. The Morgan fingerprint density at radius 1 is 0.615 bits per heavy atom. The van der Waals surface area contributed by atoms with E-state index in [2.05, 4.69) is 0 Å². The Balaban J connectivity index is 1.20. The minimum absolute atomic E-state index is 0.121. The monoisotopic (exact) mass is 1120 g/mol. The molecule has 0 aromatic carbocycles. The van der Waals surface area contributed by atoms with Crippen LogP contribution in [0.3, 0.4) is 0 Å². The van der Waals surface area contributed by atoms with Crippen molar-refractivity contribution in [2.75, 3.05) is 47.3 Å². The van der Waals surface area contributed by atoms with Crippen LogP contribution in [0.5, 0.6) is 0 Å². The van der Waals surface area contributed by atoms with Gasteiger partial charge in [0.15, 0.2) is 18.9 Å². The Kier molecular flexibility index (Phi) is 22.5. The third-order valence-electron chi connectivity index (χ3n) is 15.3. The molecule has 0 unspecified atom stereocenters. The summed E-state index contributed by atoms with van der Waals surface area (Å²) in [6.07, 6.45) is -24.3. The Morgan fingerprint density at radius 2 is 1.03 bits per heavy atom. The molecule has 0 bridgehead atoms. The van der Waals surface area contributed by atoms with Crippen LogP contribution in [0.15, 0.2) is 47.0 Å². The normalized spacial score (nSPS) is 41.4. The fraction of sp³-hybridized carbons (Fsp3) is 0.760. The predicted octanol–water partition coefficient (Wildman–Crippen LogP) is -4.47. The van der Waals surface area contributed by atoms with Crippen LogP contribution in [-0.2, 0) is 76.0 Å². The highest BCUT2D eigenvalue weighted by Gasteiger charge is 2.51. The first-order chi connectivity index (χ1) is 37.1. The van der Waals surface area contributed by atoms with E-state index in [0.717, 1.165) is 26.7 Å². The lowest BCUT2D eigenvalue weighted by atomic mass is 9.83. The van der Waals surface area contributed by atoms with Gasteiger partial charge in [0.25, 0.3) is 0 Å². The summed E-state index contributed by atoms with van der Waals surface area (Å²) in [5.74, 6) is -7.95. The van der Waals surface area contributed by atoms with Crippen molar-refractivity contribution in [3.63, 3.8) is 0 Å². The highest BCUT2D eigenvalue weighted by molar-refractivity contribution is 5.91. The third-order valence-corrected chi connectivity index (χ3v) is 15.3. The van der Waals surface area contributed by atoms with Crippen LogP contribution in [0, 0.1) is 35.5 Å². The molecule has 3 saturated heterocycles. The van der Waals surface area contributed by atoms with Gasteiger partial charge in [-0.1, -0.05) is 26.0 Å². The zero-order valence-electron chi connectivity index (χ0n) is 43.7. The number of hydrogen-bond donors (Lipinski definition) is 12. The largest absolute Gasteiger partial charge is 0.468 e. The van der Waals surface area contributed by atoms with Gasteiger partial charge < -0.3 is 118 Å². The maximum atomic E-state index is 14.2. The molecule has 6 rings (SSSR count). The van der Waals surface area contributed by atoms with Crippen LogP contribution >= 0.6 is 0 Å². The van der Waals surface area contributed by atoms with Crippen LogP contribution in [0.2, 0.25) is 0 Å². The molecular formula is C50H74O28. The Bertz CT molecular complexity index is 2160. The van der Waals surface area contributed by atoms with E-state index in [0.29, 0.717) is 0 Å². The third kappa shape index (κ3) is 13.7. The summed E-state index contributed by atoms with van der Waals surface area (Å²) >= 11 is 0. The summed E-state index contributed by atoms with van der Waals surface area (Å²) in [7, 11) is 2.21. The van der Waals surface area contributed by atoms with Crippen molar-refractivity contribution in [3.05, 3.63) is 47.0 Å². The molecular weight excluding hydrogens is 1050 g/mol. The van der Waals surface area contributed by atoms with Gasteiger partial charge in [0, 0.05) is 28.9 Å². The van der Waals surface area contributed by atoms with Gasteiger partial charge in [0.05, 0.1) is 83.8 Å². The summed E-state index contributed by atoms with van der Waals surface area (Å²) in [6.45, 7) is 3.89. The van der Waals surface area contributed by atoms with Gasteiger partial charge in [0.1, 0.15) is 79.4 Å². The molecule has 12 N–H and O–H groups in total. The zero-order chi connectivity index (χ0) is 57.4. The molecule has 24 atom stereocenters. The second-order valence-electron chi connectivity index (χ2n) is 20.0. The van der Waals surface area contributed by atoms with E-state index in [9.17, 15) is 80.5 Å². The molecule has 78 heavy (non-hydrogen) atoms. The molecule has 4 fully saturated rings. The number of esters is 4. The van der Waals surface area contributed by atoms with Crippen molar-refractivity contribution in [1.82, 2.24) is 0 Å². The number of aliphatic hydroxyl groups excluding tert-OH is 12. The number of ether oxygens (including phenoxy) is 12. The van der Waals surface area contributed by atoms with E-state index in [4.69, 9.17) is 56.8 Å². The molecule has 0 aromatic rings. The molecule has 28 nitrogen and oxygen atoms in total. The maximum absolute atomic E-state index is 14.2. The lowest BCUT2D eigenvalue weighted by molar-refractivity contribution is -0.327. The highest BCUT2D eigenvalue weighted by Crippen LogP contribution is 2.45. The highest BCUT2D eigenvalue weighted by atomic mass is 16.8. The standard InChI is InChI=1S/C50H74O28/c1-7-21-24(27(44(65)67-5)17-71-46(21)77-49-42(63)39(60)36(57)31(13-52)75-49)10-33(54)69-16-26-20(4)29(9-23(26)19(3)15-70-48-41(62)38(59)35(56)30(12-51)74-48)73-34(55)11-25-22(8-2)47(72-18-28(25)45(66)68-6)78-50-43(64)40(61)37(58)32(14-53)76-50/h7-8,17-20,23-26,29-32,35-43,46-53,56-64H,9-16H2,1-6H3/b21-7+,22-8+/t19-,20-,23+,24-,25+,26-,29-,30+,31+,32-,35+,36+,37-,38-,39-,40+,41+,42+,43-,46+,47-,48+,49-,50+/m1/s1. The molecule has 6 aliphatic rings. The minimum atomic E-state index is -1.82. The van der Waals surface area contributed by atoms with Gasteiger partial charge in [-0.25, -0.2) is 9.59 Å². The number of hydrogen-bond acceptors (Lipinski definition) is 28. The molecule has 0 amide bonds. The average Bonchev–Trinajstić information content (AvgIpc) is 3.77. The Labute approximate surface area is 447 Å². The lowest BCUT2D eigenvalue weighted by Crippen LogP contribution is -2.60. The zero-order valence-corrected chi connectivity index (χ0v) is 43.7. The fourth-order valence-corrected chi connectivity index (χ4v) is 10.6. The number of carbonyl (C=O) groups excluding carboxylic acids is 4. The number of carbonyl (C=O) groups is 4. The van der Waals surface area contributed by atoms with Crippen LogP contribution in [0.1, 0.15) is 47.0 Å². The maximum Gasteiger partial charge on any atom is 0.337 e. The quantitative estimate of drug-likeness (QED) is 0.0311. The van der Waals surface area contributed by atoms with Crippen molar-refractivity contribution < 1.29 is 137 Å². The topological polar surface area (TPSA) is 422 Å². The van der Waals surface area contributed by atoms with Gasteiger partial charge in [-0.3, -0.25) is 9.59 Å². The van der Waals surface area contributed by atoms with Gasteiger partial charge in [-0.05, 0) is 38.0 Å². The molecule has 0 radical (unpaired) electrons. The van der Waals surface area contributed by atoms with Gasteiger partial charge in [-0.15, -0.1) is 0 Å². The van der Waals surface area contributed by atoms with Gasteiger partial charge in [0.2, 0.25) is 12.6 Å². The SMILES string of the molecule is C/C=C1/[C@@H](O[C@@H]2O[C@H](CO)[C@@H](O)[C@H](O)[C@H]2O)OC=C(C(=O)OC)[C@H]1CC(=O)O[C@@H]1C[C@@H]([C@H](C)CO[C@H]2O[C@@H](CO)[C@H](O)[C@@H](O)[C@@H]2O)[C@H](COC(=O)C[C@H]2C(C(=O)OC)=CO[C@@H](O[C@H]3O[C@@H](CO)[C@H](O)[C@@H](O)[C@@H]3O)/C2=C/C)[C@H]1C. The van der Waals surface area contributed by atoms with Crippen molar-refractivity contribution in [3.8, 4) is 0 Å². The molecule has 0 aromatic heterocycles. The smallest absolute Gasteiger partial charge is 0.337 e. The van der Waals surface area contributed by atoms with E-state index in [-0.39, 0.29) is 41.9 Å². The molecule has 28 heteroatoms. The number of rotatable bonds is 20. The van der Waals surface area contributed by atoms with E-state index in [1.165, 1.54) is 12.2 Å². The molecule has 1 saturated carbocycles. The Hall–Kier alpha value is -4.28. The van der Waals surface area contributed by atoms with Gasteiger partial charge >= 0.3 is 23.9 Å². The first-order valence-electron chi connectivity index (χ1n) is 25.5. The van der Waals surface area contributed by atoms with Crippen molar-refractivity contribution >= 4 is 23.9 Å². The fourth-order valence-electron chi connectivity index (χ4n) is 10.6. The van der Waals surface area contributed by atoms with Gasteiger partial charge in [-0.2, -0.15) is 0 Å². The van der Waals surface area contributed by atoms with Crippen LogP contribution < -0.4 is 0 Å². The molecule has 5 heterocycles. The van der Waals surface area contributed by atoms with Crippen molar-refractivity contribution in [2.45, 2.75) is 158 Å². The van der Waals surface area contributed by atoms with Crippen molar-refractivity contribution in [2.24, 2.45) is 35.5 Å². The second-order valence-corrected chi connectivity index (χ2v) is 20.0. The van der Waals surface area contributed by atoms with E-state index in [1.54, 1.807) is 27.7 Å². The van der Waals surface area contributed by atoms with Crippen LogP contribution in [-0.4, -0.2) is 243 Å². The summed E-state index contributed by atoms with van der Waals surface area (Å²) < 4.78 is 67.6.